The van der Waals surface area contributed by atoms with Crippen LogP contribution in [0.1, 0.15) is 20.8 Å². The van der Waals surface area contributed by atoms with Gasteiger partial charge in [-0.05, 0) is 14.1 Å². The largest absolute Gasteiger partial charge is 0.481 e. The Morgan fingerprint density at radius 3 is 2.00 bits per heavy atom. The number of carbonyl (C=O) groups is 2. The van der Waals surface area contributed by atoms with Crippen molar-refractivity contribution in [3.05, 3.63) is 0 Å². The molecule has 0 spiro atoms. The quantitative estimate of drug-likeness (QED) is 0.718. The van der Waals surface area contributed by atoms with E-state index < -0.39 is 11.9 Å². The van der Waals surface area contributed by atoms with Gasteiger partial charge in [-0.1, -0.05) is 20.8 Å². The predicted molar refractivity (Wildman–Crippen MR) is 66.8 cm³/mol. The normalized spacial score (nSPS) is 12.9. The molecular weight excluding hydrogens is 220 g/mol. The fraction of sp³-hybridized carbons (Fsp3) is 0.833. The maximum Gasteiger partial charge on any atom is 0.308 e. The monoisotopic (exact) mass is 244 g/mol. The van der Waals surface area contributed by atoms with Crippen LogP contribution in [0.5, 0.6) is 0 Å². The van der Waals surface area contributed by atoms with Crippen LogP contribution < -0.4 is 0 Å². The van der Waals surface area contributed by atoms with Crippen molar-refractivity contribution >= 4 is 11.9 Å². The van der Waals surface area contributed by atoms with E-state index in [9.17, 15) is 9.59 Å². The third-order valence-electron chi connectivity index (χ3n) is 2.54. The Labute approximate surface area is 103 Å². The molecule has 0 radical (unpaired) electrons. The molecule has 0 aromatic rings. The molecule has 1 amide bonds. The van der Waals surface area contributed by atoms with Gasteiger partial charge < -0.3 is 14.9 Å². The number of likely N-dealkylation sites (N-methyl/N-ethyl adjacent to an activating group) is 1. The van der Waals surface area contributed by atoms with Gasteiger partial charge in [0.25, 0.3) is 0 Å². The van der Waals surface area contributed by atoms with E-state index in [1.54, 1.807) is 11.8 Å². The Bertz CT molecular complexity index is 264. The molecule has 5 heteroatoms. The van der Waals surface area contributed by atoms with Crippen molar-refractivity contribution in [3.8, 4) is 0 Å². The van der Waals surface area contributed by atoms with Gasteiger partial charge in [-0.15, -0.1) is 0 Å². The average Bonchev–Trinajstić information content (AvgIpc) is 2.22. The molecule has 0 aliphatic carbocycles. The predicted octanol–water partition coefficient (Wildman–Crippen LogP) is 0.753. The topological polar surface area (TPSA) is 60.9 Å². The zero-order chi connectivity index (χ0) is 13.6. The van der Waals surface area contributed by atoms with E-state index in [1.165, 1.54) is 0 Å². The van der Waals surface area contributed by atoms with Crippen molar-refractivity contribution in [2.75, 3.05) is 33.7 Å². The van der Waals surface area contributed by atoms with Gasteiger partial charge >= 0.3 is 5.97 Å². The molecule has 1 unspecified atom stereocenters. The second kappa shape index (κ2) is 7.27. The van der Waals surface area contributed by atoms with Crippen LogP contribution in [-0.4, -0.2) is 60.5 Å². The van der Waals surface area contributed by atoms with E-state index in [0.717, 1.165) is 6.54 Å². The van der Waals surface area contributed by atoms with Crippen molar-refractivity contribution < 1.29 is 14.7 Å². The maximum atomic E-state index is 11.9. The third kappa shape index (κ3) is 6.26. The molecule has 0 aromatic carbocycles. The second-order valence-electron chi connectivity index (χ2n) is 4.98. The summed E-state index contributed by atoms with van der Waals surface area (Å²) in [6.07, 6.45) is 0. The van der Waals surface area contributed by atoms with Crippen LogP contribution in [0.4, 0.5) is 0 Å². The van der Waals surface area contributed by atoms with Crippen molar-refractivity contribution in [2.45, 2.75) is 20.8 Å². The number of hydrogen-bond donors (Lipinski definition) is 1. The highest BCUT2D eigenvalue weighted by Crippen LogP contribution is 2.06. The van der Waals surface area contributed by atoms with Gasteiger partial charge in [-0.25, -0.2) is 0 Å². The molecule has 0 fully saturated rings. The fourth-order valence-electron chi connectivity index (χ4n) is 1.39. The number of hydrogen-bond acceptors (Lipinski definition) is 3. The number of carbonyl (C=O) groups excluding carboxylic acids is 1. The van der Waals surface area contributed by atoms with Crippen LogP contribution in [0.15, 0.2) is 0 Å². The first-order valence-corrected chi connectivity index (χ1v) is 5.92. The van der Waals surface area contributed by atoms with Crippen LogP contribution in [0.25, 0.3) is 0 Å². The van der Waals surface area contributed by atoms with E-state index in [2.05, 4.69) is 0 Å². The lowest BCUT2D eigenvalue weighted by Gasteiger charge is -2.27. The van der Waals surface area contributed by atoms with E-state index in [4.69, 9.17) is 5.11 Å². The fourth-order valence-corrected chi connectivity index (χ4v) is 1.39. The molecule has 0 rings (SSSR count). The van der Waals surface area contributed by atoms with Crippen molar-refractivity contribution in [1.82, 2.24) is 9.80 Å². The van der Waals surface area contributed by atoms with Crippen LogP contribution in [0.2, 0.25) is 0 Å². The Morgan fingerprint density at radius 1 is 1.12 bits per heavy atom. The first-order valence-electron chi connectivity index (χ1n) is 5.92. The first kappa shape index (κ1) is 15.9. The Kier molecular flexibility index (Phi) is 6.80. The number of rotatable bonds is 7. The summed E-state index contributed by atoms with van der Waals surface area (Å²) >= 11 is 0. The number of aliphatic carboxylic acids is 1. The molecule has 0 aliphatic rings. The zero-order valence-corrected chi connectivity index (χ0v) is 11.4. The molecule has 5 nitrogen and oxygen atoms in total. The van der Waals surface area contributed by atoms with Crippen LogP contribution in [-0.2, 0) is 9.59 Å². The number of nitrogens with zero attached hydrogens (tertiary/aromatic N) is 2. The summed E-state index contributed by atoms with van der Waals surface area (Å²) in [5, 5.41) is 8.88. The molecular formula is C12H24N2O3. The zero-order valence-electron chi connectivity index (χ0n) is 11.4. The smallest absolute Gasteiger partial charge is 0.308 e. The summed E-state index contributed by atoms with van der Waals surface area (Å²) in [7, 11) is 3.86. The molecule has 0 saturated carbocycles. The molecule has 17 heavy (non-hydrogen) atoms. The summed E-state index contributed by atoms with van der Waals surface area (Å²) in [6, 6.07) is 0. The second-order valence-corrected chi connectivity index (χ2v) is 4.98. The Balaban J connectivity index is 4.50. The molecule has 0 aromatic heterocycles. The molecule has 0 bridgehead atoms. The van der Waals surface area contributed by atoms with Gasteiger partial charge in [0.1, 0.15) is 0 Å². The van der Waals surface area contributed by atoms with Crippen molar-refractivity contribution in [2.24, 2.45) is 11.8 Å². The van der Waals surface area contributed by atoms with E-state index >= 15 is 0 Å². The Morgan fingerprint density at radius 2 is 1.65 bits per heavy atom. The molecule has 1 atom stereocenters. The van der Waals surface area contributed by atoms with Gasteiger partial charge in [0.05, 0.1) is 5.92 Å². The summed E-state index contributed by atoms with van der Waals surface area (Å²) in [5.74, 6) is -1.48. The minimum atomic E-state index is -0.864. The van der Waals surface area contributed by atoms with Crippen LogP contribution in [0.3, 0.4) is 0 Å². The number of amides is 1. The van der Waals surface area contributed by atoms with Crippen LogP contribution in [0, 0.1) is 11.8 Å². The minimum Gasteiger partial charge on any atom is -0.481 e. The summed E-state index contributed by atoms with van der Waals surface area (Å²) in [4.78, 5) is 26.4. The van der Waals surface area contributed by atoms with Crippen LogP contribution >= 0.6 is 0 Å². The number of carboxylic acid groups (broad SMARTS) is 1. The first-order chi connectivity index (χ1) is 7.75. The van der Waals surface area contributed by atoms with Gasteiger partial charge in [-0.2, -0.15) is 0 Å². The lowest BCUT2D eigenvalue weighted by atomic mass is 10.1. The summed E-state index contributed by atoms with van der Waals surface area (Å²) in [5.41, 5.74) is 0. The van der Waals surface area contributed by atoms with E-state index in [-0.39, 0.29) is 18.4 Å². The average molecular weight is 244 g/mol. The molecule has 1 N–H and O–H groups in total. The van der Waals surface area contributed by atoms with E-state index in [0.29, 0.717) is 6.54 Å². The van der Waals surface area contributed by atoms with Gasteiger partial charge in [0.2, 0.25) is 5.91 Å². The summed E-state index contributed by atoms with van der Waals surface area (Å²) < 4.78 is 0. The van der Waals surface area contributed by atoms with Crippen molar-refractivity contribution in [1.29, 1.82) is 0 Å². The van der Waals surface area contributed by atoms with Crippen molar-refractivity contribution in [3.63, 3.8) is 0 Å². The van der Waals surface area contributed by atoms with Gasteiger partial charge in [0, 0.05) is 25.6 Å². The standard InChI is InChI=1S/C12H24N2O3/c1-9(2)11(15)14(7-6-13(4)5)8-10(3)12(16)17/h9-10H,6-8H2,1-5H3,(H,16,17). The third-order valence-corrected chi connectivity index (χ3v) is 2.54. The molecule has 0 aliphatic heterocycles. The van der Waals surface area contributed by atoms with E-state index in [1.807, 2.05) is 32.8 Å². The van der Waals surface area contributed by atoms with Gasteiger partial charge in [0.15, 0.2) is 0 Å². The lowest BCUT2D eigenvalue weighted by Crippen LogP contribution is -2.42. The highest BCUT2D eigenvalue weighted by atomic mass is 16.4. The van der Waals surface area contributed by atoms with Gasteiger partial charge in [-0.3, -0.25) is 9.59 Å². The summed E-state index contributed by atoms with van der Waals surface area (Å²) in [6.45, 7) is 6.87. The minimum absolute atomic E-state index is 0.0138. The highest BCUT2D eigenvalue weighted by Gasteiger charge is 2.22. The number of carboxylic acids is 1. The molecule has 0 heterocycles. The maximum absolute atomic E-state index is 11.9. The Hall–Kier alpha value is -1.10. The molecule has 0 saturated heterocycles. The molecule has 100 valence electrons. The SMILES string of the molecule is CC(C)C(=O)N(CCN(C)C)CC(C)C(=O)O. The highest BCUT2D eigenvalue weighted by molar-refractivity contribution is 5.79. The lowest BCUT2D eigenvalue weighted by molar-refractivity contribution is -0.143.